The van der Waals surface area contributed by atoms with Gasteiger partial charge in [-0.05, 0) is 56.5 Å². The van der Waals surface area contributed by atoms with E-state index in [1.54, 1.807) is 12.1 Å². The van der Waals surface area contributed by atoms with Crippen molar-refractivity contribution in [3.63, 3.8) is 0 Å². The molecule has 0 saturated carbocycles. The van der Waals surface area contributed by atoms with Gasteiger partial charge in [-0.15, -0.1) is 0 Å². The van der Waals surface area contributed by atoms with Crippen molar-refractivity contribution in [2.45, 2.75) is 44.9 Å². The smallest absolute Gasteiger partial charge is 0.335 e. The molecule has 0 aliphatic carbocycles. The number of aliphatic carboxylic acids is 1. The van der Waals surface area contributed by atoms with Gasteiger partial charge >= 0.3 is 5.97 Å². The number of rotatable bonds is 8. The second kappa shape index (κ2) is 9.15. The minimum absolute atomic E-state index is 0.139. The number of benzene rings is 2. The van der Waals surface area contributed by atoms with E-state index in [0.29, 0.717) is 6.42 Å². The molecule has 158 valence electrons. The minimum Gasteiger partial charge on any atom is -0.508 e. The maximum atomic E-state index is 10.8. The van der Waals surface area contributed by atoms with Crippen molar-refractivity contribution in [1.82, 2.24) is 4.57 Å². The second-order valence-electron chi connectivity index (χ2n) is 7.62. The summed E-state index contributed by atoms with van der Waals surface area (Å²) in [6, 6.07) is 15.4. The molecule has 30 heavy (non-hydrogen) atoms. The molecule has 0 bridgehead atoms. The number of hydrogen-bond donors (Lipinski definition) is 4. The molecule has 6 nitrogen and oxygen atoms in total. The van der Waals surface area contributed by atoms with Crippen LogP contribution in [0.3, 0.4) is 0 Å². The van der Waals surface area contributed by atoms with Gasteiger partial charge in [0, 0.05) is 28.2 Å². The normalized spacial score (nSPS) is 13.9. The lowest BCUT2D eigenvalue weighted by molar-refractivity contribution is -0.152. The van der Waals surface area contributed by atoms with Crippen LogP contribution in [0.4, 0.5) is 0 Å². The zero-order valence-corrected chi connectivity index (χ0v) is 17.1. The number of aliphatic hydroxyl groups excluding tert-OH is 2. The maximum Gasteiger partial charge on any atom is 0.335 e. The van der Waals surface area contributed by atoms with Crippen LogP contribution in [0.5, 0.6) is 5.75 Å². The van der Waals surface area contributed by atoms with E-state index in [9.17, 15) is 20.1 Å². The molecular weight excluding hydrogens is 382 g/mol. The van der Waals surface area contributed by atoms with Gasteiger partial charge in [0.15, 0.2) is 6.10 Å². The summed E-state index contributed by atoms with van der Waals surface area (Å²) >= 11 is 0. The van der Waals surface area contributed by atoms with Gasteiger partial charge in [0.2, 0.25) is 0 Å². The van der Waals surface area contributed by atoms with Crippen LogP contribution in [0.2, 0.25) is 0 Å². The highest BCUT2D eigenvalue weighted by Crippen LogP contribution is 2.38. The summed E-state index contributed by atoms with van der Waals surface area (Å²) in [4.78, 5) is 10.8. The van der Waals surface area contributed by atoms with E-state index in [-0.39, 0.29) is 18.2 Å². The third-order valence-electron chi connectivity index (χ3n) is 5.14. The van der Waals surface area contributed by atoms with Crippen molar-refractivity contribution in [3.8, 4) is 16.9 Å². The molecule has 4 N–H and O–H groups in total. The van der Waals surface area contributed by atoms with Gasteiger partial charge in [-0.1, -0.05) is 36.4 Å². The highest BCUT2D eigenvalue weighted by molar-refractivity contribution is 6.01. The summed E-state index contributed by atoms with van der Waals surface area (Å²) in [6.07, 6.45) is 1.31. The minimum atomic E-state index is -1.78. The van der Waals surface area contributed by atoms with Gasteiger partial charge in [-0.2, -0.15) is 0 Å². The number of fused-ring (bicyclic) bond motifs is 1. The summed E-state index contributed by atoms with van der Waals surface area (Å²) in [5.41, 5.74) is 4.10. The van der Waals surface area contributed by atoms with Crippen molar-refractivity contribution in [2.75, 3.05) is 0 Å². The molecule has 2 unspecified atom stereocenters. The van der Waals surface area contributed by atoms with Crippen molar-refractivity contribution in [3.05, 3.63) is 60.3 Å². The van der Waals surface area contributed by atoms with Crippen molar-refractivity contribution < 1.29 is 25.2 Å². The van der Waals surface area contributed by atoms with E-state index in [0.717, 1.165) is 27.7 Å². The summed E-state index contributed by atoms with van der Waals surface area (Å²) < 4.78 is 2.23. The maximum absolute atomic E-state index is 10.8. The predicted molar refractivity (Wildman–Crippen MR) is 117 cm³/mol. The lowest BCUT2D eigenvalue weighted by atomic mass is 10.0. The predicted octanol–water partition coefficient (Wildman–Crippen LogP) is 4.19. The SMILES string of the molecule is CC(C)n1c(C=CCCC(O)C(O)C(=O)O)c(-c2ccc(O)cc2)c2ccccc21. The fourth-order valence-electron chi connectivity index (χ4n) is 3.72. The number of carboxylic acids is 1. The molecule has 0 radical (unpaired) electrons. The average molecular weight is 409 g/mol. The van der Waals surface area contributed by atoms with E-state index in [4.69, 9.17) is 5.11 Å². The first kappa shape index (κ1) is 21.6. The van der Waals surface area contributed by atoms with Crippen LogP contribution in [-0.2, 0) is 4.79 Å². The number of nitrogens with zero attached hydrogens (tertiary/aromatic N) is 1. The third kappa shape index (κ3) is 4.40. The fraction of sp³-hybridized carbons (Fsp3) is 0.292. The van der Waals surface area contributed by atoms with Crippen LogP contribution < -0.4 is 0 Å². The number of hydrogen-bond acceptors (Lipinski definition) is 4. The van der Waals surface area contributed by atoms with Gasteiger partial charge in [-0.3, -0.25) is 0 Å². The molecule has 6 heteroatoms. The lowest BCUT2D eigenvalue weighted by Crippen LogP contribution is -2.33. The Morgan fingerprint density at radius 1 is 1.07 bits per heavy atom. The topological polar surface area (TPSA) is 103 Å². The molecule has 0 amide bonds. The van der Waals surface area contributed by atoms with E-state index < -0.39 is 18.2 Å². The number of carboxylic acid groups (broad SMARTS) is 1. The highest BCUT2D eigenvalue weighted by Gasteiger charge is 2.22. The number of phenols is 1. The van der Waals surface area contributed by atoms with Crippen LogP contribution in [-0.4, -0.2) is 43.2 Å². The molecule has 0 spiro atoms. The zero-order valence-electron chi connectivity index (χ0n) is 17.1. The molecule has 0 aliphatic heterocycles. The Morgan fingerprint density at radius 3 is 2.37 bits per heavy atom. The molecule has 0 saturated heterocycles. The molecule has 3 rings (SSSR count). The monoisotopic (exact) mass is 409 g/mol. The quantitative estimate of drug-likeness (QED) is 0.447. The largest absolute Gasteiger partial charge is 0.508 e. The Balaban J connectivity index is 2.02. The second-order valence-corrected chi connectivity index (χ2v) is 7.62. The standard InChI is InChI=1S/C24H27NO5/c1-15(2)25-19-8-4-3-7-18(19)22(16-11-13-17(26)14-12-16)20(25)9-5-6-10-21(27)23(28)24(29)30/h3-5,7-9,11-15,21,23,26-28H,6,10H2,1-2H3,(H,29,30). The molecule has 1 aromatic heterocycles. The van der Waals surface area contributed by atoms with E-state index in [2.05, 4.69) is 30.5 Å². The van der Waals surface area contributed by atoms with Crippen LogP contribution in [0, 0.1) is 0 Å². The molecule has 1 heterocycles. The van der Waals surface area contributed by atoms with Crippen LogP contribution >= 0.6 is 0 Å². The summed E-state index contributed by atoms with van der Waals surface area (Å²) in [5.74, 6) is -1.23. The number of allylic oxidation sites excluding steroid dienone is 1. The van der Waals surface area contributed by atoms with E-state index in [1.807, 2.05) is 36.4 Å². The average Bonchev–Trinajstić information content (AvgIpc) is 3.05. The van der Waals surface area contributed by atoms with Crippen LogP contribution in [0.1, 0.15) is 38.4 Å². The van der Waals surface area contributed by atoms with Gasteiger partial charge in [0.25, 0.3) is 0 Å². The number of aromatic hydroxyl groups is 1. The van der Waals surface area contributed by atoms with Crippen LogP contribution in [0.25, 0.3) is 28.1 Å². The first-order valence-electron chi connectivity index (χ1n) is 9.99. The lowest BCUT2D eigenvalue weighted by Gasteiger charge is -2.14. The van der Waals surface area contributed by atoms with Gasteiger partial charge in [0.05, 0.1) is 6.10 Å². The number of aliphatic hydroxyl groups is 2. The van der Waals surface area contributed by atoms with Crippen molar-refractivity contribution in [2.24, 2.45) is 0 Å². The highest BCUT2D eigenvalue weighted by atomic mass is 16.4. The number of phenolic OH excluding ortho intramolecular Hbond substituents is 1. The molecular formula is C24H27NO5. The summed E-state index contributed by atoms with van der Waals surface area (Å²) in [6.45, 7) is 4.22. The van der Waals surface area contributed by atoms with Crippen LogP contribution in [0.15, 0.2) is 54.6 Å². The van der Waals surface area contributed by atoms with Gasteiger partial charge < -0.3 is 25.0 Å². The Morgan fingerprint density at radius 2 is 1.73 bits per heavy atom. The molecule has 0 fully saturated rings. The van der Waals surface area contributed by atoms with Gasteiger partial charge in [-0.25, -0.2) is 4.79 Å². The number of carbonyl (C=O) groups is 1. The van der Waals surface area contributed by atoms with Crippen molar-refractivity contribution in [1.29, 1.82) is 0 Å². The fourth-order valence-corrected chi connectivity index (χ4v) is 3.72. The summed E-state index contributed by atoms with van der Waals surface area (Å²) in [5, 5.41) is 38.8. The first-order valence-corrected chi connectivity index (χ1v) is 9.99. The molecule has 3 aromatic rings. The molecule has 0 aliphatic rings. The molecule has 2 atom stereocenters. The Hall–Kier alpha value is -3.09. The first-order chi connectivity index (χ1) is 14.3. The van der Waals surface area contributed by atoms with E-state index in [1.165, 1.54) is 0 Å². The summed E-state index contributed by atoms with van der Waals surface area (Å²) in [7, 11) is 0. The number of para-hydroxylation sites is 1. The molecule has 2 aromatic carbocycles. The van der Waals surface area contributed by atoms with Crippen molar-refractivity contribution >= 4 is 22.9 Å². The Kier molecular flexibility index (Phi) is 6.59. The van der Waals surface area contributed by atoms with Gasteiger partial charge in [0.1, 0.15) is 5.75 Å². The van der Waals surface area contributed by atoms with E-state index >= 15 is 0 Å². The Labute approximate surface area is 175 Å². The third-order valence-corrected chi connectivity index (χ3v) is 5.14. The zero-order chi connectivity index (χ0) is 21.8. The number of aromatic nitrogens is 1. The Bertz CT molecular complexity index is 1050.